The van der Waals surface area contributed by atoms with Crippen LogP contribution in [0.15, 0.2) is 64.3 Å². The maximum absolute atomic E-state index is 13.4. The first kappa shape index (κ1) is 20.1. The first-order valence-electron chi connectivity index (χ1n) is 9.84. The number of aromatic nitrogens is 6. The van der Waals surface area contributed by atoms with Gasteiger partial charge in [-0.3, -0.25) is 9.36 Å². The molecule has 0 saturated heterocycles. The molecule has 3 aromatic heterocycles. The number of hydrogen-bond donors (Lipinski definition) is 0. The number of hydrogen-bond acceptors (Lipinski definition) is 6. The average Bonchev–Trinajstić information content (AvgIpc) is 3.45. The van der Waals surface area contributed by atoms with Crippen molar-refractivity contribution in [1.82, 2.24) is 29.5 Å². The number of halogens is 2. The SMILES string of the molecule is CCc1ccc(-n2ncc3c(=O)n(Cc4nc(-c5ccc(F)c(Cl)c5)no4)cnc32)cc1. The molecule has 0 aliphatic rings. The highest BCUT2D eigenvalue weighted by molar-refractivity contribution is 6.31. The summed E-state index contributed by atoms with van der Waals surface area (Å²) in [5, 5.41) is 8.55. The van der Waals surface area contributed by atoms with Crippen LogP contribution in [-0.2, 0) is 13.0 Å². The Morgan fingerprint density at radius 1 is 1.16 bits per heavy atom. The van der Waals surface area contributed by atoms with Crippen molar-refractivity contribution in [3.63, 3.8) is 0 Å². The van der Waals surface area contributed by atoms with Gasteiger partial charge < -0.3 is 4.52 Å². The molecule has 5 rings (SSSR count). The van der Waals surface area contributed by atoms with Gasteiger partial charge in [-0.05, 0) is 42.3 Å². The Morgan fingerprint density at radius 2 is 1.97 bits per heavy atom. The minimum absolute atomic E-state index is 0.0279. The fraction of sp³-hybridized carbons (Fsp3) is 0.136. The van der Waals surface area contributed by atoms with E-state index in [1.165, 1.54) is 40.9 Å². The van der Waals surface area contributed by atoms with Crippen molar-refractivity contribution < 1.29 is 8.91 Å². The Labute approximate surface area is 185 Å². The second-order valence-corrected chi connectivity index (χ2v) is 7.54. The standard InChI is InChI=1S/C22H16ClFN6O2/c1-2-13-3-6-15(7-4-13)30-21-16(10-26-30)22(31)29(12-25-21)11-19-27-20(28-32-19)14-5-8-18(24)17(23)9-14/h3-10,12H,2,11H2,1H3. The molecule has 0 atom stereocenters. The zero-order valence-corrected chi connectivity index (χ0v) is 17.6. The molecule has 0 amide bonds. The van der Waals surface area contributed by atoms with E-state index < -0.39 is 5.82 Å². The molecule has 5 aromatic rings. The van der Waals surface area contributed by atoms with Gasteiger partial charge in [0.25, 0.3) is 5.56 Å². The van der Waals surface area contributed by atoms with E-state index in [4.69, 9.17) is 16.1 Å². The zero-order valence-electron chi connectivity index (χ0n) is 16.9. The van der Waals surface area contributed by atoms with Crippen LogP contribution in [0.25, 0.3) is 28.1 Å². The Kier molecular flexibility index (Phi) is 5.02. The van der Waals surface area contributed by atoms with Gasteiger partial charge in [-0.1, -0.05) is 35.8 Å². The molecular formula is C22H16ClFN6O2. The van der Waals surface area contributed by atoms with Crippen molar-refractivity contribution in [3.05, 3.63) is 87.6 Å². The number of rotatable bonds is 5. The van der Waals surface area contributed by atoms with Crippen molar-refractivity contribution in [2.45, 2.75) is 19.9 Å². The van der Waals surface area contributed by atoms with Crippen LogP contribution in [0.4, 0.5) is 4.39 Å². The molecule has 0 spiro atoms. The molecule has 0 aliphatic heterocycles. The number of fused-ring (bicyclic) bond motifs is 1. The quantitative estimate of drug-likeness (QED) is 0.401. The molecule has 0 radical (unpaired) electrons. The molecule has 0 fully saturated rings. The molecular weight excluding hydrogens is 435 g/mol. The lowest BCUT2D eigenvalue weighted by Gasteiger charge is -2.05. The maximum Gasteiger partial charge on any atom is 0.264 e. The third kappa shape index (κ3) is 3.56. The molecule has 160 valence electrons. The Balaban J connectivity index is 1.44. The second-order valence-electron chi connectivity index (χ2n) is 7.13. The molecule has 3 heterocycles. The predicted octanol–water partition coefficient (Wildman–Crippen LogP) is 4.04. The molecule has 8 nitrogen and oxygen atoms in total. The molecule has 0 aliphatic carbocycles. The molecule has 0 unspecified atom stereocenters. The van der Waals surface area contributed by atoms with Gasteiger partial charge in [0.2, 0.25) is 11.7 Å². The summed E-state index contributed by atoms with van der Waals surface area (Å²) in [4.78, 5) is 21.6. The van der Waals surface area contributed by atoms with Crippen LogP contribution < -0.4 is 5.56 Å². The third-order valence-corrected chi connectivity index (χ3v) is 5.38. The second kappa shape index (κ2) is 8.01. The van der Waals surface area contributed by atoms with Gasteiger partial charge in [0.15, 0.2) is 5.65 Å². The predicted molar refractivity (Wildman–Crippen MR) is 116 cm³/mol. The molecule has 0 bridgehead atoms. The van der Waals surface area contributed by atoms with Crippen LogP contribution >= 0.6 is 11.6 Å². The number of nitrogens with zero attached hydrogens (tertiary/aromatic N) is 6. The van der Waals surface area contributed by atoms with Gasteiger partial charge in [0.1, 0.15) is 24.1 Å². The molecule has 0 saturated carbocycles. The normalized spacial score (nSPS) is 11.3. The van der Waals surface area contributed by atoms with E-state index in [1.807, 2.05) is 24.3 Å². The first-order valence-corrected chi connectivity index (χ1v) is 10.2. The Bertz CT molecular complexity index is 1490. The van der Waals surface area contributed by atoms with Crippen LogP contribution in [0.2, 0.25) is 5.02 Å². The number of aryl methyl sites for hydroxylation is 1. The lowest BCUT2D eigenvalue weighted by atomic mass is 10.1. The van der Waals surface area contributed by atoms with E-state index in [0.29, 0.717) is 16.6 Å². The highest BCUT2D eigenvalue weighted by Gasteiger charge is 2.15. The summed E-state index contributed by atoms with van der Waals surface area (Å²) in [6.07, 6.45) is 3.85. The van der Waals surface area contributed by atoms with Gasteiger partial charge in [-0.2, -0.15) is 10.1 Å². The van der Waals surface area contributed by atoms with E-state index in [9.17, 15) is 9.18 Å². The van der Waals surface area contributed by atoms with Crippen LogP contribution in [0, 0.1) is 5.82 Å². The summed E-state index contributed by atoms with van der Waals surface area (Å²) in [6.45, 7) is 2.11. The van der Waals surface area contributed by atoms with Gasteiger partial charge in [-0.25, -0.2) is 14.1 Å². The zero-order chi connectivity index (χ0) is 22.2. The molecule has 10 heteroatoms. The third-order valence-electron chi connectivity index (χ3n) is 5.10. The Hall–Kier alpha value is -3.85. The van der Waals surface area contributed by atoms with Crippen LogP contribution in [-0.4, -0.2) is 29.5 Å². The van der Waals surface area contributed by atoms with Gasteiger partial charge in [-0.15, -0.1) is 0 Å². The van der Waals surface area contributed by atoms with Crippen molar-refractivity contribution >= 4 is 22.6 Å². The van der Waals surface area contributed by atoms with E-state index >= 15 is 0 Å². The molecule has 2 aromatic carbocycles. The Morgan fingerprint density at radius 3 is 2.72 bits per heavy atom. The summed E-state index contributed by atoms with van der Waals surface area (Å²) in [5.41, 5.74) is 2.71. The summed E-state index contributed by atoms with van der Waals surface area (Å²) in [6, 6.07) is 12.1. The van der Waals surface area contributed by atoms with E-state index in [2.05, 4.69) is 27.1 Å². The lowest BCUT2D eigenvalue weighted by Crippen LogP contribution is -2.21. The van der Waals surface area contributed by atoms with E-state index in [1.54, 1.807) is 4.68 Å². The minimum atomic E-state index is -0.535. The minimum Gasteiger partial charge on any atom is -0.337 e. The lowest BCUT2D eigenvalue weighted by molar-refractivity contribution is 0.369. The fourth-order valence-corrected chi connectivity index (χ4v) is 3.52. The molecule has 32 heavy (non-hydrogen) atoms. The first-order chi connectivity index (χ1) is 15.5. The largest absolute Gasteiger partial charge is 0.337 e. The molecule has 0 N–H and O–H groups in total. The smallest absolute Gasteiger partial charge is 0.264 e. The van der Waals surface area contributed by atoms with Crippen molar-refractivity contribution in [2.24, 2.45) is 0 Å². The summed E-state index contributed by atoms with van der Waals surface area (Å²) < 4.78 is 21.6. The monoisotopic (exact) mass is 450 g/mol. The average molecular weight is 451 g/mol. The van der Waals surface area contributed by atoms with E-state index in [0.717, 1.165) is 12.1 Å². The summed E-state index contributed by atoms with van der Waals surface area (Å²) in [5.74, 6) is -0.0921. The van der Waals surface area contributed by atoms with Crippen LogP contribution in [0.1, 0.15) is 18.4 Å². The van der Waals surface area contributed by atoms with Crippen molar-refractivity contribution in [2.75, 3.05) is 0 Å². The van der Waals surface area contributed by atoms with Gasteiger partial charge >= 0.3 is 0 Å². The van der Waals surface area contributed by atoms with E-state index in [-0.39, 0.29) is 28.8 Å². The summed E-state index contributed by atoms with van der Waals surface area (Å²) in [7, 11) is 0. The van der Waals surface area contributed by atoms with Crippen LogP contribution in [0.3, 0.4) is 0 Å². The highest BCUT2D eigenvalue weighted by Crippen LogP contribution is 2.23. The fourth-order valence-electron chi connectivity index (χ4n) is 3.34. The van der Waals surface area contributed by atoms with Crippen molar-refractivity contribution in [1.29, 1.82) is 0 Å². The van der Waals surface area contributed by atoms with Crippen LogP contribution in [0.5, 0.6) is 0 Å². The number of benzene rings is 2. The van der Waals surface area contributed by atoms with Crippen molar-refractivity contribution in [3.8, 4) is 17.1 Å². The highest BCUT2D eigenvalue weighted by atomic mass is 35.5. The van der Waals surface area contributed by atoms with Gasteiger partial charge in [0, 0.05) is 5.56 Å². The topological polar surface area (TPSA) is 91.6 Å². The maximum atomic E-state index is 13.4. The summed E-state index contributed by atoms with van der Waals surface area (Å²) >= 11 is 5.82. The van der Waals surface area contributed by atoms with Gasteiger partial charge in [0.05, 0.1) is 16.9 Å².